The van der Waals surface area contributed by atoms with Crippen molar-refractivity contribution in [1.29, 1.82) is 0 Å². The first kappa shape index (κ1) is 38.2. The summed E-state index contributed by atoms with van der Waals surface area (Å²) in [5, 5.41) is 13.7. The highest BCUT2D eigenvalue weighted by Crippen LogP contribution is 2.17. The zero-order valence-electron chi connectivity index (χ0n) is 25.5. The van der Waals surface area contributed by atoms with Crippen molar-refractivity contribution in [2.45, 2.75) is 64.5 Å². The smallest absolute Gasteiger partial charge is 0.309 e. The lowest BCUT2D eigenvalue weighted by Crippen LogP contribution is -2.42. The Morgan fingerprint density at radius 1 is 0.905 bits per heavy atom. The average molecular weight is 583 g/mol. The Kier molecular flexibility index (Phi) is 23.8. The van der Waals surface area contributed by atoms with E-state index in [1.807, 2.05) is 72.8 Å². The summed E-state index contributed by atoms with van der Waals surface area (Å²) < 4.78 is 10.7. The van der Waals surface area contributed by atoms with Crippen LogP contribution < -0.4 is 10.6 Å². The Bertz CT molecular complexity index is 957. The maximum absolute atomic E-state index is 12.7. The van der Waals surface area contributed by atoms with Gasteiger partial charge in [0.1, 0.15) is 6.61 Å². The highest BCUT2D eigenvalue weighted by molar-refractivity contribution is 5.76. The number of hydrogen-bond donors (Lipinski definition) is 3. The Balaban J connectivity index is 0.000000973. The van der Waals surface area contributed by atoms with E-state index in [9.17, 15) is 14.4 Å². The SMILES string of the molecule is C=CCCCC(Cc1ccccc1)C(=O)OCC(COC)NC(=O)CCC=C.CC(=O)NC(C)CO.c1ccccc1. The fraction of sp³-hybridized carbons (Fsp3) is 0.441. The van der Waals surface area contributed by atoms with Crippen molar-refractivity contribution in [2.24, 2.45) is 5.92 Å². The fourth-order valence-corrected chi connectivity index (χ4v) is 3.65. The zero-order valence-corrected chi connectivity index (χ0v) is 25.5. The Labute approximate surface area is 252 Å². The first-order chi connectivity index (χ1) is 20.3. The van der Waals surface area contributed by atoms with Gasteiger partial charge in [0.15, 0.2) is 0 Å². The molecule has 3 atom stereocenters. The number of nitrogens with one attached hydrogen (secondary N) is 2. The number of aliphatic hydroxyl groups is 1. The highest BCUT2D eigenvalue weighted by Gasteiger charge is 2.22. The van der Waals surface area contributed by atoms with Crippen LogP contribution in [0.3, 0.4) is 0 Å². The van der Waals surface area contributed by atoms with Gasteiger partial charge in [-0.05, 0) is 44.6 Å². The molecule has 0 spiro atoms. The molecule has 3 N–H and O–H groups in total. The summed E-state index contributed by atoms with van der Waals surface area (Å²) in [4.78, 5) is 34.8. The third-order valence-electron chi connectivity index (χ3n) is 5.74. The summed E-state index contributed by atoms with van der Waals surface area (Å²) in [7, 11) is 1.55. The third kappa shape index (κ3) is 22.0. The Hall–Kier alpha value is -3.75. The van der Waals surface area contributed by atoms with E-state index >= 15 is 0 Å². The molecular formula is C34H50N2O6. The second kappa shape index (κ2) is 26.2. The zero-order chi connectivity index (χ0) is 31.4. The minimum atomic E-state index is -0.364. The predicted octanol–water partition coefficient (Wildman–Crippen LogP) is 5.03. The summed E-state index contributed by atoms with van der Waals surface area (Å²) in [6.07, 6.45) is 7.64. The van der Waals surface area contributed by atoms with Gasteiger partial charge in [-0.15, -0.1) is 13.2 Å². The van der Waals surface area contributed by atoms with Crippen LogP contribution in [-0.2, 0) is 30.3 Å². The van der Waals surface area contributed by atoms with Crippen molar-refractivity contribution >= 4 is 17.8 Å². The van der Waals surface area contributed by atoms with Crippen molar-refractivity contribution in [3.63, 3.8) is 0 Å². The molecule has 0 aliphatic carbocycles. The molecule has 0 aliphatic heterocycles. The molecule has 0 saturated carbocycles. The molecule has 0 radical (unpaired) electrons. The fourth-order valence-electron chi connectivity index (χ4n) is 3.65. The molecule has 0 fully saturated rings. The van der Waals surface area contributed by atoms with Crippen molar-refractivity contribution in [1.82, 2.24) is 10.6 Å². The van der Waals surface area contributed by atoms with Crippen molar-refractivity contribution in [3.8, 4) is 0 Å². The van der Waals surface area contributed by atoms with E-state index in [4.69, 9.17) is 14.6 Å². The second-order valence-corrected chi connectivity index (χ2v) is 9.72. The Morgan fingerprint density at radius 3 is 1.95 bits per heavy atom. The van der Waals surface area contributed by atoms with Crippen LogP contribution in [-0.4, -0.2) is 61.9 Å². The molecule has 0 bridgehead atoms. The van der Waals surface area contributed by atoms with Gasteiger partial charge >= 0.3 is 5.97 Å². The largest absolute Gasteiger partial charge is 0.463 e. The molecular weight excluding hydrogens is 532 g/mol. The quantitative estimate of drug-likeness (QED) is 0.137. The third-order valence-corrected chi connectivity index (χ3v) is 5.74. The number of ether oxygens (including phenoxy) is 2. The summed E-state index contributed by atoms with van der Waals surface area (Å²) in [6, 6.07) is 21.4. The molecule has 232 valence electrons. The number of aliphatic hydroxyl groups excluding tert-OH is 1. The van der Waals surface area contributed by atoms with Crippen LogP contribution >= 0.6 is 0 Å². The van der Waals surface area contributed by atoms with Crippen molar-refractivity contribution in [2.75, 3.05) is 26.9 Å². The van der Waals surface area contributed by atoms with Crippen LogP contribution in [0.1, 0.15) is 51.5 Å². The van der Waals surface area contributed by atoms with Crippen LogP contribution in [0.15, 0.2) is 92.0 Å². The number of methoxy groups -OCH3 is 1. The normalized spacial score (nSPS) is 12.0. The lowest BCUT2D eigenvalue weighted by Gasteiger charge is -2.21. The van der Waals surface area contributed by atoms with Gasteiger partial charge < -0.3 is 25.2 Å². The van der Waals surface area contributed by atoms with Gasteiger partial charge in [-0.1, -0.05) is 78.9 Å². The lowest BCUT2D eigenvalue weighted by molar-refractivity contribution is -0.150. The molecule has 0 aliphatic rings. The second-order valence-electron chi connectivity index (χ2n) is 9.72. The summed E-state index contributed by atoms with van der Waals surface area (Å²) >= 11 is 0. The van der Waals surface area contributed by atoms with Gasteiger partial charge in [0, 0.05) is 26.5 Å². The molecule has 42 heavy (non-hydrogen) atoms. The number of amides is 2. The molecule has 8 nitrogen and oxygen atoms in total. The van der Waals surface area contributed by atoms with Gasteiger partial charge in [-0.25, -0.2) is 0 Å². The standard InChI is InChI=1S/C23H33NO4.C6H6.C5H11NO2/c1-4-6-9-14-20(16-19-12-10-8-11-13-19)23(26)28-18-21(17-27-3)24-22(25)15-7-5-2;1-2-4-6-5-3-1;1-4(3-7)6-5(2)8/h4-5,8,10-13,20-21H,1-2,6-7,9,14-18H2,3H3,(H,24,25);1-6H;4,7H,3H2,1-2H3,(H,6,8). The van der Waals surface area contributed by atoms with Gasteiger partial charge in [0.05, 0.1) is 25.2 Å². The molecule has 2 rings (SSSR count). The van der Waals surface area contributed by atoms with E-state index < -0.39 is 0 Å². The van der Waals surface area contributed by atoms with Crippen LogP contribution in [0, 0.1) is 5.92 Å². The van der Waals surface area contributed by atoms with E-state index in [1.165, 1.54) is 6.92 Å². The van der Waals surface area contributed by atoms with Gasteiger partial charge in [-0.2, -0.15) is 0 Å². The van der Waals surface area contributed by atoms with E-state index in [-0.39, 0.29) is 55.6 Å². The molecule has 3 unspecified atom stereocenters. The number of carbonyl (C=O) groups is 3. The number of rotatable bonds is 17. The van der Waals surface area contributed by atoms with Crippen LogP contribution in [0.2, 0.25) is 0 Å². The topological polar surface area (TPSA) is 114 Å². The van der Waals surface area contributed by atoms with Gasteiger partial charge in [0.25, 0.3) is 0 Å². The monoisotopic (exact) mass is 582 g/mol. The molecule has 2 amide bonds. The van der Waals surface area contributed by atoms with E-state index in [2.05, 4.69) is 23.8 Å². The molecule has 2 aromatic rings. The van der Waals surface area contributed by atoms with Crippen LogP contribution in [0.4, 0.5) is 0 Å². The number of hydrogen-bond acceptors (Lipinski definition) is 6. The summed E-state index contributed by atoms with van der Waals surface area (Å²) in [6.45, 7) is 10.9. The van der Waals surface area contributed by atoms with Crippen LogP contribution in [0.25, 0.3) is 0 Å². The average Bonchev–Trinajstić information content (AvgIpc) is 3.00. The summed E-state index contributed by atoms with van der Waals surface area (Å²) in [5.41, 5.74) is 1.11. The minimum absolute atomic E-state index is 0.000417. The first-order valence-electron chi connectivity index (χ1n) is 14.4. The van der Waals surface area contributed by atoms with E-state index in [0.29, 0.717) is 19.3 Å². The first-order valence-corrected chi connectivity index (χ1v) is 14.4. The number of esters is 1. The molecule has 2 aromatic carbocycles. The number of benzene rings is 2. The maximum atomic E-state index is 12.7. The van der Waals surface area contributed by atoms with Crippen molar-refractivity contribution < 1.29 is 29.0 Å². The number of unbranched alkanes of at least 4 members (excludes halogenated alkanes) is 1. The molecule has 8 heteroatoms. The summed E-state index contributed by atoms with van der Waals surface area (Å²) in [5.74, 6) is -0.673. The van der Waals surface area contributed by atoms with E-state index in [1.54, 1.807) is 20.1 Å². The molecule has 0 aromatic heterocycles. The van der Waals surface area contributed by atoms with E-state index in [0.717, 1.165) is 24.8 Å². The number of carbonyl (C=O) groups excluding carboxylic acids is 3. The highest BCUT2D eigenvalue weighted by atomic mass is 16.5. The number of allylic oxidation sites excluding steroid dienone is 2. The van der Waals surface area contributed by atoms with Crippen molar-refractivity contribution in [3.05, 3.63) is 97.6 Å². The predicted molar refractivity (Wildman–Crippen MR) is 169 cm³/mol. The maximum Gasteiger partial charge on any atom is 0.309 e. The Morgan fingerprint density at radius 2 is 1.48 bits per heavy atom. The molecule has 0 saturated heterocycles. The molecule has 0 heterocycles. The van der Waals surface area contributed by atoms with Gasteiger partial charge in [-0.3, -0.25) is 14.4 Å². The van der Waals surface area contributed by atoms with Gasteiger partial charge in [0.2, 0.25) is 11.8 Å². The lowest BCUT2D eigenvalue weighted by atomic mass is 9.94. The minimum Gasteiger partial charge on any atom is -0.463 e. The van der Waals surface area contributed by atoms with Crippen LogP contribution in [0.5, 0.6) is 0 Å².